The summed E-state index contributed by atoms with van der Waals surface area (Å²) >= 11 is 3.16. The fourth-order valence-corrected chi connectivity index (χ4v) is 1.53. The summed E-state index contributed by atoms with van der Waals surface area (Å²) in [4.78, 5) is 12.0. The average molecular weight is 273 g/mol. The van der Waals surface area contributed by atoms with Gasteiger partial charge in [-0.05, 0) is 24.6 Å². The van der Waals surface area contributed by atoms with Gasteiger partial charge in [0, 0.05) is 9.89 Å². The van der Waals surface area contributed by atoms with Crippen LogP contribution in [0.15, 0.2) is 22.7 Å². The van der Waals surface area contributed by atoms with Gasteiger partial charge in [-0.1, -0.05) is 36.7 Å². The molecule has 0 spiro atoms. The van der Waals surface area contributed by atoms with E-state index in [0.29, 0.717) is 10.9 Å². The molecule has 0 heterocycles. The third-order valence-corrected chi connectivity index (χ3v) is 3.17. The Morgan fingerprint density at radius 2 is 2.07 bits per heavy atom. The summed E-state index contributed by atoms with van der Waals surface area (Å²) in [7, 11) is 0. The molecule has 0 aliphatic rings. The SMILES string of the molecule is CCC(C)(C)C(=O)c1ccc(Br)cc1F. The van der Waals surface area contributed by atoms with Crippen molar-refractivity contribution in [2.45, 2.75) is 27.2 Å². The molecule has 0 unspecified atom stereocenters. The first kappa shape index (κ1) is 12.4. The van der Waals surface area contributed by atoms with Crippen LogP contribution in [-0.4, -0.2) is 5.78 Å². The van der Waals surface area contributed by atoms with Gasteiger partial charge in [-0.15, -0.1) is 0 Å². The van der Waals surface area contributed by atoms with Gasteiger partial charge in [0.1, 0.15) is 5.82 Å². The smallest absolute Gasteiger partial charge is 0.171 e. The zero-order chi connectivity index (χ0) is 11.6. The highest BCUT2D eigenvalue weighted by Gasteiger charge is 2.28. The first-order valence-corrected chi connectivity index (χ1v) is 5.67. The lowest BCUT2D eigenvalue weighted by Crippen LogP contribution is -2.24. The standard InChI is InChI=1S/C12H14BrFO/c1-4-12(2,3)11(15)9-6-5-8(13)7-10(9)14/h5-7H,4H2,1-3H3. The molecule has 1 aromatic rings. The third kappa shape index (κ3) is 2.65. The van der Waals surface area contributed by atoms with Gasteiger partial charge in [-0.2, -0.15) is 0 Å². The molecule has 15 heavy (non-hydrogen) atoms. The minimum absolute atomic E-state index is 0.144. The summed E-state index contributed by atoms with van der Waals surface area (Å²) in [6.45, 7) is 5.59. The van der Waals surface area contributed by atoms with Crippen LogP contribution in [-0.2, 0) is 0 Å². The van der Waals surface area contributed by atoms with Crippen molar-refractivity contribution in [3.05, 3.63) is 34.1 Å². The maximum Gasteiger partial charge on any atom is 0.171 e. The number of carbonyl (C=O) groups excluding carboxylic acids is 1. The summed E-state index contributed by atoms with van der Waals surface area (Å²) < 4.78 is 14.2. The van der Waals surface area contributed by atoms with Crippen LogP contribution in [0.5, 0.6) is 0 Å². The van der Waals surface area contributed by atoms with Gasteiger partial charge < -0.3 is 0 Å². The molecule has 0 atom stereocenters. The predicted octanol–water partition coefficient (Wildman–Crippen LogP) is 4.21. The molecule has 0 bridgehead atoms. The van der Waals surface area contributed by atoms with E-state index in [4.69, 9.17) is 0 Å². The zero-order valence-electron chi connectivity index (χ0n) is 9.10. The maximum absolute atomic E-state index is 13.5. The van der Waals surface area contributed by atoms with E-state index >= 15 is 0 Å². The molecular weight excluding hydrogens is 259 g/mol. The van der Waals surface area contributed by atoms with Crippen LogP contribution < -0.4 is 0 Å². The maximum atomic E-state index is 13.5. The Kier molecular flexibility index (Phi) is 3.66. The number of carbonyl (C=O) groups is 1. The fraction of sp³-hybridized carbons (Fsp3) is 0.417. The molecule has 1 aromatic carbocycles. The van der Waals surface area contributed by atoms with Crippen LogP contribution >= 0.6 is 15.9 Å². The fourth-order valence-electron chi connectivity index (χ4n) is 1.20. The highest BCUT2D eigenvalue weighted by molar-refractivity contribution is 9.10. The van der Waals surface area contributed by atoms with Gasteiger partial charge in [0.15, 0.2) is 5.78 Å². The molecule has 0 aliphatic carbocycles. The van der Waals surface area contributed by atoms with Gasteiger partial charge >= 0.3 is 0 Å². The van der Waals surface area contributed by atoms with Gasteiger partial charge in [-0.25, -0.2) is 4.39 Å². The number of Topliss-reactive ketones (excluding diaryl/α,β-unsaturated/α-hetero) is 1. The van der Waals surface area contributed by atoms with Crippen LogP contribution in [0.2, 0.25) is 0 Å². The Morgan fingerprint density at radius 1 is 1.47 bits per heavy atom. The van der Waals surface area contributed by atoms with E-state index in [2.05, 4.69) is 15.9 Å². The first-order chi connectivity index (χ1) is 6.88. The Morgan fingerprint density at radius 3 is 2.53 bits per heavy atom. The molecule has 1 rings (SSSR count). The molecule has 0 saturated heterocycles. The lowest BCUT2D eigenvalue weighted by atomic mass is 9.82. The summed E-state index contributed by atoms with van der Waals surface area (Å²) in [6.07, 6.45) is 0.696. The third-order valence-electron chi connectivity index (χ3n) is 2.67. The minimum Gasteiger partial charge on any atom is -0.293 e. The molecule has 0 N–H and O–H groups in total. The quantitative estimate of drug-likeness (QED) is 0.754. The largest absolute Gasteiger partial charge is 0.293 e. The van der Waals surface area contributed by atoms with Gasteiger partial charge in [0.2, 0.25) is 0 Å². The molecule has 0 aromatic heterocycles. The van der Waals surface area contributed by atoms with Crippen LogP contribution in [0.3, 0.4) is 0 Å². The van der Waals surface area contributed by atoms with E-state index in [1.807, 2.05) is 20.8 Å². The Labute approximate surface area is 97.8 Å². The number of rotatable bonds is 3. The number of hydrogen-bond acceptors (Lipinski definition) is 1. The van der Waals surface area contributed by atoms with Crippen molar-refractivity contribution in [1.29, 1.82) is 0 Å². The molecule has 3 heteroatoms. The number of ketones is 1. The van der Waals surface area contributed by atoms with Crippen molar-refractivity contribution < 1.29 is 9.18 Å². The Bertz CT molecular complexity index is 385. The van der Waals surface area contributed by atoms with Crippen molar-refractivity contribution in [3.8, 4) is 0 Å². The summed E-state index contributed by atoms with van der Waals surface area (Å²) in [5.74, 6) is -0.606. The highest BCUT2D eigenvalue weighted by Crippen LogP contribution is 2.27. The summed E-state index contributed by atoms with van der Waals surface area (Å²) in [6, 6.07) is 4.53. The second-order valence-electron chi connectivity index (χ2n) is 4.19. The summed E-state index contributed by atoms with van der Waals surface area (Å²) in [5, 5.41) is 0. The van der Waals surface area contributed by atoms with Crippen LogP contribution in [0, 0.1) is 11.2 Å². The average Bonchev–Trinajstić information content (AvgIpc) is 2.17. The number of hydrogen-bond donors (Lipinski definition) is 0. The molecule has 82 valence electrons. The first-order valence-electron chi connectivity index (χ1n) is 4.88. The normalized spacial score (nSPS) is 11.5. The van der Waals surface area contributed by atoms with Crippen molar-refractivity contribution in [1.82, 2.24) is 0 Å². The summed E-state index contributed by atoms with van der Waals surface area (Å²) in [5.41, 5.74) is -0.334. The lowest BCUT2D eigenvalue weighted by molar-refractivity contribution is 0.0828. The molecule has 0 fully saturated rings. The van der Waals surface area contributed by atoms with Crippen molar-refractivity contribution in [2.24, 2.45) is 5.41 Å². The second-order valence-corrected chi connectivity index (χ2v) is 5.11. The molecular formula is C12H14BrFO. The minimum atomic E-state index is -0.505. The van der Waals surface area contributed by atoms with E-state index in [9.17, 15) is 9.18 Å². The van der Waals surface area contributed by atoms with Crippen molar-refractivity contribution in [2.75, 3.05) is 0 Å². The van der Waals surface area contributed by atoms with Gasteiger partial charge in [-0.3, -0.25) is 4.79 Å². The number of benzene rings is 1. The van der Waals surface area contributed by atoms with Crippen molar-refractivity contribution in [3.63, 3.8) is 0 Å². The van der Waals surface area contributed by atoms with E-state index in [1.165, 1.54) is 12.1 Å². The van der Waals surface area contributed by atoms with Crippen molar-refractivity contribution >= 4 is 21.7 Å². The van der Waals surface area contributed by atoms with Gasteiger partial charge in [0.05, 0.1) is 5.56 Å². The van der Waals surface area contributed by atoms with Crippen LogP contribution in [0.4, 0.5) is 4.39 Å². The predicted molar refractivity (Wildman–Crippen MR) is 62.5 cm³/mol. The van der Waals surface area contributed by atoms with Crippen LogP contribution in [0.1, 0.15) is 37.6 Å². The van der Waals surface area contributed by atoms with E-state index in [-0.39, 0.29) is 11.3 Å². The molecule has 1 nitrogen and oxygen atoms in total. The highest BCUT2D eigenvalue weighted by atomic mass is 79.9. The molecule has 0 radical (unpaired) electrons. The Hall–Kier alpha value is -0.700. The van der Waals surface area contributed by atoms with E-state index < -0.39 is 11.2 Å². The molecule has 0 amide bonds. The zero-order valence-corrected chi connectivity index (χ0v) is 10.7. The molecule has 0 saturated carbocycles. The van der Waals surface area contributed by atoms with Crippen LogP contribution in [0.25, 0.3) is 0 Å². The monoisotopic (exact) mass is 272 g/mol. The topological polar surface area (TPSA) is 17.1 Å². The second kappa shape index (κ2) is 4.44. The lowest BCUT2D eigenvalue weighted by Gasteiger charge is -2.21. The molecule has 0 aliphatic heterocycles. The van der Waals surface area contributed by atoms with E-state index in [0.717, 1.165) is 0 Å². The van der Waals surface area contributed by atoms with E-state index in [1.54, 1.807) is 6.07 Å². The Balaban J connectivity index is 3.12. The number of halogens is 2. The van der Waals surface area contributed by atoms with Gasteiger partial charge in [0.25, 0.3) is 0 Å².